The van der Waals surface area contributed by atoms with E-state index < -0.39 is 12.5 Å². The van der Waals surface area contributed by atoms with E-state index in [-0.39, 0.29) is 27.4 Å². The van der Waals surface area contributed by atoms with Crippen LogP contribution < -0.4 is 4.74 Å². The third-order valence-corrected chi connectivity index (χ3v) is 4.83. The van der Waals surface area contributed by atoms with E-state index >= 15 is 0 Å². The van der Waals surface area contributed by atoms with E-state index in [0.29, 0.717) is 15.9 Å². The van der Waals surface area contributed by atoms with E-state index in [9.17, 15) is 9.90 Å². The van der Waals surface area contributed by atoms with Crippen LogP contribution in [0.25, 0.3) is 10.9 Å². The first-order chi connectivity index (χ1) is 12.8. The second-order valence-electron chi connectivity index (χ2n) is 5.55. The van der Waals surface area contributed by atoms with Gasteiger partial charge in [0.1, 0.15) is 0 Å². The summed E-state index contributed by atoms with van der Waals surface area (Å²) < 4.78 is 6.12. The molecular weight excluding hydrogens is 480 g/mol. The van der Waals surface area contributed by atoms with Gasteiger partial charge in [-0.3, -0.25) is 4.79 Å². The molecular formula is C17H11BrCl3N3O3. The lowest BCUT2D eigenvalue weighted by Crippen LogP contribution is -2.08. The van der Waals surface area contributed by atoms with E-state index in [1.54, 1.807) is 6.07 Å². The number of benzene rings is 2. The Balaban J connectivity index is 1.78. The lowest BCUT2D eigenvalue weighted by atomic mass is 10.1. The van der Waals surface area contributed by atoms with Crippen LogP contribution in [0.5, 0.6) is 11.6 Å². The van der Waals surface area contributed by atoms with Crippen molar-refractivity contribution in [2.75, 3.05) is 6.61 Å². The summed E-state index contributed by atoms with van der Waals surface area (Å²) in [6.45, 7) is 1.44. The van der Waals surface area contributed by atoms with Gasteiger partial charge in [0.15, 0.2) is 18.0 Å². The van der Waals surface area contributed by atoms with Gasteiger partial charge in [-0.2, -0.15) is 0 Å². The highest BCUT2D eigenvalue weighted by atomic mass is 79.9. The number of amides is 1. The van der Waals surface area contributed by atoms with Gasteiger partial charge in [0.05, 0.1) is 15.6 Å². The average Bonchev–Trinajstić information content (AvgIpc) is 2.88. The van der Waals surface area contributed by atoms with E-state index in [4.69, 9.17) is 39.5 Å². The molecule has 1 amide bonds. The van der Waals surface area contributed by atoms with Gasteiger partial charge in [-0.25, -0.2) is 0 Å². The number of halogens is 4. The molecule has 0 saturated heterocycles. The molecule has 1 aromatic heterocycles. The van der Waals surface area contributed by atoms with Crippen LogP contribution in [-0.4, -0.2) is 22.6 Å². The van der Waals surface area contributed by atoms with Crippen molar-refractivity contribution in [3.8, 4) is 11.6 Å². The Kier molecular flexibility index (Phi) is 5.95. The quantitative estimate of drug-likeness (QED) is 0.404. The number of ether oxygens (including phenoxy) is 1. The maximum absolute atomic E-state index is 12.0. The zero-order valence-electron chi connectivity index (χ0n) is 13.7. The van der Waals surface area contributed by atoms with E-state index in [1.807, 2.05) is 13.0 Å². The maximum atomic E-state index is 12.0. The van der Waals surface area contributed by atoms with Crippen molar-refractivity contribution in [2.24, 2.45) is 10.2 Å². The second kappa shape index (κ2) is 8.06. The molecule has 10 heteroatoms. The number of nitrogens with one attached hydrogen (secondary N) is 1. The van der Waals surface area contributed by atoms with Gasteiger partial charge in [0.25, 0.3) is 0 Å². The number of nitrogens with zero attached hydrogens (tertiary/aromatic N) is 2. The zero-order chi connectivity index (χ0) is 19.7. The number of aromatic amines is 1. The number of azo groups is 1. The number of carbonyl (C=O) groups excluding carboxylic acids is 1. The summed E-state index contributed by atoms with van der Waals surface area (Å²) >= 11 is 21.2. The molecule has 0 unspecified atom stereocenters. The predicted molar refractivity (Wildman–Crippen MR) is 109 cm³/mol. The molecule has 0 radical (unpaired) electrons. The lowest BCUT2D eigenvalue weighted by Gasteiger charge is -2.08. The Morgan fingerprint density at radius 1 is 1.22 bits per heavy atom. The fourth-order valence-corrected chi connectivity index (χ4v) is 3.94. The van der Waals surface area contributed by atoms with Crippen molar-refractivity contribution in [3.63, 3.8) is 0 Å². The number of hydrogen-bond donors (Lipinski definition) is 2. The number of aryl methyl sites for hydroxylation is 1. The molecule has 0 atom stereocenters. The van der Waals surface area contributed by atoms with Crippen LogP contribution in [0.4, 0.5) is 5.69 Å². The smallest absolute Gasteiger partial charge is 0.302 e. The van der Waals surface area contributed by atoms with Gasteiger partial charge in [-0.1, -0.05) is 50.7 Å². The predicted octanol–water partition coefficient (Wildman–Crippen LogP) is 6.59. The standard InChI is InChI=1S/C17H11BrCl3N3O3/c1-7-2-8(18)3-10-14(7)22-17(26)15(10)24-23-13(25)6-27-16-11(20)4-9(19)5-12(16)21/h2-5,22,26H,6H2,1H3. The number of aromatic nitrogens is 1. The molecule has 140 valence electrons. The minimum absolute atomic E-state index is 0.126. The summed E-state index contributed by atoms with van der Waals surface area (Å²) in [6, 6.07) is 6.54. The number of hydrogen-bond acceptors (Lipinski definition) is 4. The Labute approximate surface area is 177 Å². The summed E-state index contributed by atoms with van der Waals surface area (Å²) in [5, 5.41) is 18.8. The largest absolute Gasteiger partial charge is 0.493 e. The van der Waals surface area contributed by atoms with E-state index in [2.05, 4.69) is 31.1 Å². The Hall–Kier alpha value is -1.80. The molecule has 0 bridgehead atoms. The van der Waals surface area contributed by atoms with Crippen LogP contribution in [0.2, 0.25) is 15.1 Å². The Morgan fingerprint density at radius 3 is 2.56 bits per heavy atom. The fourth-order valence-electron chi connectivity index (χ4n) is 2.44. The maximum Gasteiger partial charge on any atom is 0.302 e. The monoisotopic (exact) mass is 489 g/mol. The molecule has 6 nitrogen and oxygen atoms in total. The molecule has 0 fully saturated rings. The summed E-state index contributed by atoms with van der Waals surface area (Å²) in [5.74, 6) is -0.745. The first-order valence-corrected chi connectivity index (χ1v) is 9.41. The van der Waals surface area contributed by atoms with E-state index in [0.717, 1.165) is 10.0 Å². The van der Waals surface area contributed by atoms with Gasteiger partial charge < -0.3 is 14.8 Å². The SMILES string of the molecule is Cc1cc(Br)cc2c(N=NC(=O)COc3c(Cl)cc(Cl)cc3Cl)c(O)[nH]c12. The van der Waals surface area contributed by atoms with Gasteiger partial charge in [-0.05, 0) is 36.8 Å². The average molecular weight is 492 g/mol. The summed E-state index contributed by atoms with van der Waals surface area (Å²) in [6.07, 6.45) is 0. The number of rotatable bonds is 4. The second-order valence-corrected chi connectivity index (χ2v) is 7.71. The van der Waals surface area contributed by atoms with Gasteiger partial charge in [0, 0.05) is 14.9 Å². The summed E-state index contributed by atoms with van der Waals surface area (Å²) in [7, 11) is 0. The van der Waals surface area contributed by atoms with Crippen molar-refractivity contribution < 1.29 is 14.6 Å². The van der Waals surface area contributed by atoms with Crippen LogP contribution in [0, 0.1) is 6.92 Å². The molecule has 0 spiro atoms. The highest BCUT2D eigenvalue weighted by molar-refractivity contribution is 9.10. The third kappa shape index (κ3) is 4.38. The molecule has 3 rings (SSSR count). The Morgan fingerprint density at radius 2 is 1.89 bits per heavy atom. The molecule has 1 heterocycles. The molecule has 2 N–H and O–H groups in total. The first kappa shape index (κ1) is 19.9. The number of aromatic hydroxyl groups is 1. The Bertz CT molecular complexity index is 1060. The van der Waals surface area contributed by atoms with Crippen molar-refractivity contribution >= 4 is 73.2 Å². The van der Waals surface area contributed by atoms with Crippen molar-refractivity contribution in [3.05, 3.63) is 49.4 Å². The van der Waals surface area contributed by atoms with Crippen LogP contribution in [-0.2, 0) is 4.79 Å². The fraction of sp³-hybridized carbons (Fsp3) is 0.118. The van der Waals surface area contributed by atoms with Gasteiger partial charge in [-0.15, -0.1) is 10.2 Å². The first-order valence-electron chi connectivity index (χ1n) is 7.49. The number of fused-ring (bicyclic) bond motifs is 1. The third-order valence-electron chi connectivity index (χ3n) is 3.59. The lowest BCUT2D eigenvalue weighted by molar-refractivity contribution is -0.120. The van der Waals surface area contributed by atoms with Crippen LogP contribution in [0.15, 0.2) is 39.0 Å². The molecule has 27 heavy (non-hydrogen) atoms. The molecule has 0 saturated carbocycles. The summed E-state index contributed by atoms with van der Waals surface area (Å²) in [4.78, 5) is 14.8. The minimum Gasteiger partial charge on any atom is -0.493 e. The molecule has 0 aliphatic heterocycles. The highest BCUT2D eigenvalue weighted by Crippen LogP contribution is 2.39. The van der Waals surface area contributed by atoms with Crippen LogP contribution in [0.3, 0.4) is 0 Å². The van der Waals surface area contributed by atoms with Crippen molar-refractivity contribution in [1.29, 1.82) is 0 Å². The molecule has 3 aromatic rings. The van der Waals surface area contributed by atoms with Crippen LogP contribution >= 0.6 is 50.7 Å². The summed E-state index contributed by atoms with van der Waals surface area (Å²) in [5.41, 5.74) is 1.76. The highest BCUT2D eigenvalue weighted by Gasteiger charge is 2.15. The molecule has 0 aliphatic carbocycles. The minimum atomic E-state index is -0.683. The number of carbonyl (C=O) groups is 1. The van der Waals surface area contributed by atoms with Crippen LogP contribution in [0.1, 0.15) is 5.56 Å². The van der Waals surface area contributed by atoms with Crippen molar-refractivity contribution in [2.45, 2.75) is 6.92 Å². The molecule has 0 aliphatic rings. The topological polar surface area (TPSA) is 87.0 Å². The normalized spacial score (nSPS) is 11.4. The van der Waals surface area contributed by atoms with Gasteiger partial charge >= 0.3 is 5.91 Å². The molecule has 2 aromatic carbocycles. The van der Waals surface area contributed by atoms with Gasteiger partial charge in [0.2, 0.25) is 5.88 Å². The van der Waals surface area contributed by atoms with Crippen molar-refractivity contribution in [1.82, 2.24) is 4.98 Å². The number of H-pyrrole nitrogens is 1. The zero-order valence-corrected chi connectivity index (χ0v) is 17.5. The van der Waals surface area contributed by atoms with E-state index in [1.165, 1.54) is 12.1 Å².